The van der Waals surface area contributed by atoms with E-state index in [1.165, 1.54) is 11.3 Å². The van der Waals surface area contributed by atoms with Crippen molar-refractivity contribution in [2.45, 2.75) is 33.2 Å². The van der Waals surface area contributed by atoms with Crippen molar-refractivity contribution in [3.8, 4) is 0 Å². The monoisotopic (exact) mass is 269 g/mol. The van der Waals surface area contributed by atoms with Crippen LogP contribution in [0.15, 0.2) is 17.3 Å². The number of carbonyl (C=O) groups is 1. The van der Waals surface area contributed by atoms with Gasteiger partial charge in [-0.05, 0) is 32.9 Å². The largest absolute Gasteiger partial charge is 0.409 e. The molecule has 0 aliphatic heterocycles. The molecule has 0 unspecified atom stereocenters. The van der Waals surface area contributed by atoms with Gasteiger partial charge in [-0.25, -0.2) is 0 Å². The van der Waals surface area contributed by atoms with Gasteiger partial charge in [0.2, 0.25) is 0 Å². The van der Waals surface area contributed by atoms with Crippen molar-refractivity contribution < 1.29 is 10.0 Å². The van der Waals surface area contributed by atoms with Crippen LogP contribution in [0.5, 0.6) is 0 Å². The maximum absolute atomic E-state index is 12.3. The minimum absolute atomic E-state index is 0.00570. The third kappa shape index (κ3) is 3.73. The molecule has 18 heavy (non-hydrogen) atoms. The van der Waals surface area contributed by atoms with Crippen LogP contribution < -0.4 is 5.73 Å². The highest BCUT2D eigenvalue weighted by atomic mass is 32.1. The highest BCUT2D eigenvalue weighted by Gasteiger charge is 2.20. The van der Waals surface area contributed by atoms with Gasteiger partial charge in [0.05, 0.1) is 4.88 Å². The molecule has 0 atom stereocenters. The summed E-state index contributed by atoms with van der Waals surface area (Å²) in [5.41, 5.74) is 5.43. The summed E-state index contributed by atoms with van der Waals surface area (Å²) in [4.78, 5) is 15.9. The first-order valence-electron chi connectivity index (χ1n) is 5.79. The Morgan fingerprint density at radius 1 is 1.56 bits per heavy atom. The lowest BCUT2D eigenvalue weighted by atomic mass is 10.2. The van der Waals surface area contributed by atoms with E-state index in [1.807, 2.05) is 32.9 Å². The third-order valence-electron chi connectivity index (χ3n) is 2.57. The van der Waals surface area contributed by atoms with E-state index < -0.39 is 0 Å². The van der Waals surface area contributed by atoms with E-state index in [1.54, 1.807) is 4.90 Å². The van der Waals surface area contributed by atoms with Crippen molar-refractivity contribution in [3.05, 3.63) is 21.9 Å². The smallest absolute Gasteiger partial charge is 0.264 e. The Hall–Kier alpha value is -1.56. The molecule has 100 valence electrons. The Balaban J connectivity index is 2.76. The molecular weight excluding hydrogens is 250 g/mol. The highest BCUT2D eigenvalue weighted by Crippen LogP contribution is 2.18. The topological polar surface area (TPSA) is 78.9 Å². The van der Waals surface area contributed by atoms with Crippen molar-refractivity contribution in [1.82, 2.24) is 4.90 Å². The predicted molar refractivity (Wildman–Crippen MR) is 73.3 cm³/mol. The van der Waals surface area contributed by atoms with Crippen molar-refractivity contribution in [3.63, 3.8) is 0 Å². The average Bonchev–Trinajstić information content (AvgIpc) is 2.75. The van der Waals surface area contributed by atoms with Gasteiger partial charge < -0.3 is 15.8 Å². The van der Waals surface area contributed by atoms with Gasteiger partial charge in [0.1, 0.15) is 5.84 Å². The molecule has 1 aromatic rings. The van der Waals surface area contributed by atoms with E-state index in [0.717, 1.165) is 9.75 Å². The van der Waals surface area contributed by atoms with Crippen LogP contribution in [-0.2, 0) is 0 Å². The zero-order valence-corrected chi connectivity index (χ0v) is 11.7. The second-order valence-corrected chi connectivity index (χ2v) is 5.63. The molecule has 0 aliphatic rings. The van der Waals surface area contributed by atoms with E-state index in [2.05, 4.69) is 5.16 Å². The Labute approximate surface area is 111 Å². The number of amidine groups is 1. The Kier molecular flexibility index (Phi) is 5.15. The fourth-order valence-corrected chi connectivity index (χ4v) is 2.39. The fraction of sp³-hybridized carbons (Fsp3) is 0.500. The normalized spacial score (nSPS) is 11.9. The lowest BCUT2D eigenvalue weighted by molar-refractivity contribution is 0.0716. The number of thiophene rings is 1. The minimum Gasteiger partial charge on any atom is -0.409 e. The molecule has 0 saturated heterocycles. The number of hydrogen-bond acceptors (Lipinski definition) is 4. The standard InChI is InChI=1S/C12H19N3O2S/c1-8(2)15(7-6-11(13)14-17)12(16)10-5-4-9(3)18-10/h4-5,8,17H,6-7H2,1-3H3,(H2,13,14). The minimum atomic E-state index is -0.00570. The molecule has 5 nitrogen and oxygen atoms in total. The molecule has 1 rings (SSSR count). The van der Waals surface area contributed by atoms with Crippen molar-refractivity contribution in [1.29, 1.82) is 0 Å². The van der Waals surface area contributed by atoms with Gasteiger partial charge in [-0.3, -0.25) is 4.79 Å². The van der Waals surface area contributed by atoms with Gasteiger partial charge in [0.15, 0.2) is 0 Å². The zero-order chi connectivity index (χ0) is 13.7. The van der Waals surface area contributed by atoms with Gasteiger partial charge in [-0.2, -0.15) is 0 Å². The summed E-state index contributed by atoms with van der Waals surface area (Å²) in [6.45, 7) is 6.32. The number of oxime groups is 1. The van der Waals surface area contributed by atoms with Crippen molar-refractivity contribution in [2.24, 2.45) is 10.9 Å². The van der Waals surface area contributed by atoms with Crippen LogP contribution in [0.2, 0.25) is 0 Å². The van der Waals surface area contributed by atoms with Gasteiger partial charge in [0, 0.05) is 23.9 Å². The Morgan fingerprint density at radius 3 is 2.67 bits per heavy atom. The number of hydrogen-bond donors (Lipinski definition) is 2. The third-order valence-corrected chi connectivity index (χ3v) is 3.56. The first-order valence-corrected chi connectivity index (χ1v) is 6.61. The molecule has 1 amide bonds. The molecule has 6 heteroatoms. The van der Waals surface area contributed by atoms with Crippen LogP contribution in [0, 0.1) is 6.92 Å². The summed E-state index contributed by atoms with van der Waals surface area (Å²) >= 11 is 1.48. The number of aryl methyl sites for hydroxylation is 1. The number of nitrogens with zero attached hydrogens (tertiary/aromatic N) is 2. The zero-order valence-electron chi connectivity index (χ0n) is 10.9. The van der Waals surface area contributed by atoms with Gasteiger partial charge in [-0.15, -0.1) is 11.3 Å². The summed E-state index contributed by atoms with van der Waals surface area (Å²) in [6, 6.07) is 3.84. The van der Waals surface area contributed by atoms with Crippen LogP contribution in [-0.4, -0.2) is 34.4 Å². The average molecular weight is 269 g/mol. The molecule has 1 heterocycles. The predicted octanol–water partition coefficient (Wildman–Crippen LogP) is 2.04. The van der Waals surface area contributed by atoms with E-state index in [9.17, 15) is 4.79 Å². The van der Waals surface area contributed by atoms with Gasteiger partial charge in [0.25, 0.3) is 5.91 Å². The number of nitrogens with two attached hydrogens (primary N) is 1. The van der Waals surface area contributed by atoms with Crippen LogP contribution in [0.1, 0.15) is 34.8 Å². The van der Waals surface area contributed by atoms with Crippen molar-refractivity contribution in [2.75, 3.05) is 6.54 Å². The summed E-state index contributed by atoms with van der Waals surface area (Å²) in [5, 5.41) is 11.4. The van der Waals surface area contributed by atoms with Crippen LogP contribution in [0.3, 0.4) is 0 Å². The molecule has 0 saturated carbocycles. The van der Waals surface area contributed by atoms with E-state index in [-0.39, 0.29) is 17.8 Å². The molecule has 1 aromatic heterocycles. The first-order chi connectivity index (χ1) is 8.45. The van der Waals surface area contributed by atoms with Gasteiger partial charge >= 0.3 is 0 Å². The van der Waals surface area contributed by atoms with Crippen LogP contribution in [0.4, 0.5) is 0 Å². The van der Waals surface area contributed by atoms with Gasteiger partial charge in [-0.1, -0.05) is 5.16 Å². The highest BCUT2D eigenvalue weighted by molar-refractivity contribution is 7.13. The summed E-state index contributed by atoms with van der Waals surface area (Å²) in [5.74, 6) is 0.129. The molecule has 0 radical (unpaired) electrons. The maximum Gasteiger partial charge on any atom is 0.264 e. The first kappa shape index (κ1) is 14.5. The molecular formula is C12H19N3O2S. The van der Waals surface area contributed by atoms with E-state index in [4.69, 9.17) is 10.9 Å². The number of carbonyl (C=O) groups excluding carboxylic acids is 1. The molecule has 0 aromatic carbocycles. The summed E-state index contributed by atoms with van der Waals surface area (Å²) < 4.78 is 0. The number of rotatable bonds is 5. The van der Waals surface area contributed by atoms with E-state index >= 15 is 0 Å². The Morgan fingerprint density at radius 2 is 2.22 bits per heavy atom. The molecule has 0 spiro atoms. The van der Waals surface area contributed by atoms with Crippen LogP contribution >= 0.6 is 11.3 Å². The second kappa shape index (κ2) is 6.39. The summed E-state index contributed by atoms with van der Waals surface area (Å²) in [7, 11) is 0. The molecule has 0 aliphatic carbocycles. The second-order valence-electron chi connectivity index (χ2n) is 4.34. The van der Waals surface area contributed by atoms with Crippen LogP contribution in [0.25, 0.3) is 0 Å². The van der Waals surface area contributed by atoms with E-state index in [0.29, 0.717) is 13.0 Å². The summed E-state index contributed by atoms with van der Waals surface area (Å²) in [6.07, 6.45) is 0.366. The SMILES string of the molecule is Cc1ccc(C(=O)N(CCC(N)=NO)C(C)C)s1. The molecule has 3 N–H and O–H groups in total. The molecule has 0 fully saturated rings. The lowest BCUT2D eigenvalue weighted by Crippen LogP contribution is -2.38. The quantitative estimate of drug-likeness (QED) is 0.371. The Bertz CT molecular complexity index is 440. The maximum atomic E-state index is 12.3. The number of amides is 1. The lowest BCUT2D eigenvalue weighted by Gasteiger charge is -2.26. The fourth-order valence-electron chi connectivity index (χ4n) is 1.57. The van der Waals surface area contributed by atoms with Crippen molar-refractivity contribution >= 4 is 23.1 Å². The molecule has 0 bridgehead atoms.